The van der Waals surface area contributed by atoms with Gasteiger partial charge in [-0.2, -0.15) is 0 Å². The van der Waals surface area contributed by atoms with E-state index in [0.717, 1.165) is 22.4 Å². The van der Waals surface area contributed by atoms with Crippen LogP contribution in [0.2, 0.25) is 0 Å². The fourth-order valence-electron chi connectivity index (χ4n) is 4.69. The van der Waals surface area contributed by atoms with E-state index in [1.807, 2.05) is 38.1 Å². The number of carbonyl (C=O) groups excluding carboxylic acids is 2. The minimum Gasteiger partial charge on any atom is -0.497 e. The number of urea groups is 1. The van der Waals surface area contributed by atoms with Crippen LogP contribution in [0.25, 0.3) is 11.1 Å². The van der Waals surface area contributed by atoms with Gasteiger partial charge in [0.25, 0.3) is 0 Å². The Kier molecular flexibility index (Phi) is 5.87. The highest BCUT2D eigenvalue weighted by atomic mass is 16.5. The maximum absolute atomic E-state index is 12.7. The summed E-state index contributed by atoms with van der Waals surface area (Å²) in [4.78, 5) is 28.5. The first-order chi connectivity index (χ1) is 14.9. The number of amides is 3. The lowest BCUT2D eigenvalue weighted by molar-refractivity contribution is -0.159. The van der Waals surface area contributed by atoms with Gasteiger partial charge >= 0.3 is 6.03 Å². The van der Waals surface area contributed by atoms with Crippen LogP contribution in [0.1, 0.15) is 25.3 Å². The van der Waals surface area contributed by atoms with Crippen molar-refractivity contribution in [2.45, 2.75) is 37.9 Å². The molecule has 2 fully saturated rings. The minimum absolute atomic E-state index is 0.00663. The number of nitrogens with one attached hydrogen (secondary N) is 1. The van der Waals surface area contributed by atoms with Crippen LogP contribution in [0.5, 0.6) is 5.75 Å². The van der Waals surface area contributed by atoms with Crippen LogP contribution >= 0.6 is 0 Å². The molecule has 0 spiro atoms. The second kappa shape index (κ2) is 8.59. The molecule has 7 heteroatoms. The molecule has 0 radical (unpaired) electrons. The number of aliphatic hydroxyl groups excluding tert-OH is 1. The largest absolute Gasteiger partial charge is 0.497 e. The molecular formula is C24H29N3O4. The molecule has 3 amide bonds. The van der Waals surface area contributed by atoms with Gasteiger partial charge in [-0.3, -0.25) is 4.79 Å². The highest BCUT2D eigenvalue weighted by molar-refractivity contribution is 5.87. The smallest absolute Gasteiger partial charge is 0.318 e. The molecule has 3 atom stereocenters. The number of nitrogens with zero attached hydrogens (tertiary/aromatic N) is 2. The average molecular weight is 424 g/mol. The van der Waals surface area contributed by atoms with E-state index in [0.29, 0.717) is 6.54 Å². The van der Waals surface area contributed by atoms with Gasteiger partial charge in [-0.15, -0.1) is 0 Å². The van der Waals surface area contributed by atoms with E-state index in [1.54, 1.807) is 16.9 Å². The molecule has 0 bridgehead atoms. The van der Waals surface area contributed by atoms with E-state index in [4.69, 9.17) is 4.74 Å². The third kappa shape index (κ3) is 3.97. The Bertz CT molecular complexity index is 960. The van der Waals surface area contributed by atoms with Crippen LogP contribution in [-0.4, -0.2) is 71.8 Å². The average Bonchev–Trinajstić information content (AvgIpc) is 2.75. The summed E-state index contributed by atoms with van der Waals surface area (Å²) < 4.78 is 5.31. The second-order valence-electron chi connectivity index (χ2n) is 8.48. The van der Waals surface area contributed by atoms with Crippen molar-refractivity contribution in [2.24, 2.45) is 0 Å². The fraction of sp³-hybridized carbons (Fsp3) is 0.417. The molecule has 164 valence electrons. The number of rotatable bonds is 5. The Labute approximate surface area is 182 Å². The molecule has 2 aromatic rings. The van der Waals surface area contributed by atoms with Crippen molar-refractivity contribution in [1.82, 2.24) is 15.1 Å². The number of piperazine rings is 1. The summed E-state index contributed by atoms with van der Waals surface area (Å²) in [5, 5.41) is 12.8. The monoisotopic (exact) mass is 423 g/mol. The maximum Gasteiger partial charge on any atom is 0.318 e. The maximum atomic E-state index is 12.7. The molecule has 0 saturated carbocycles. The summed E-state index contributed by atoms with van der Waals surface area (Å²) in [6.45, 7) is 4.21. The Morgan fingerprint density at radius 3 is 2.58 bits per heavy atom. The zero-order valence-electron chi connectivity index (χ0n) is 18.1. The Hall–Kier alpha value is -3.06. The number of fused-ring (bicyclic) bond motifs is 1. The third-order valence-corrected chi connectivity index (χ3v) is 6.15. The standard InChI is InChI=1S/C24H29N3O4/c1-15(2)25-24(30)26-12-20-23(21(14-28)27(20)22(29)13-26)17-9-7-16(8-10-17)18-5-4-6-19(11-18)31-3/h4-11,15,20-21,23,28H,12-14H2,1-3H3,(H,25,30)/t20-,21+,23-/m0/s1. The van der Waals surface area contributed by atoms with Gasteiger partial charge in [0, 0.05) is 18.5 Å². The number of methoxy groups -OCH3 is 1. The van der Waals surface area contributed by atoms with E-state index in [1.165, 1.54) is 0 Å². The molecule has 0 unspecified atom stereocenters. The van der Waals surface area contributed by atoms with Gasteiger partial charge in [-0.05, 0) is 42.7 Å². The summed E-state index contributed by atoms with van der Waals surface area (Å²) in [7, 11) is 1.65. The predicted octanol–water partition coefficient (Wildman–Crippen LogP) is 2.45. The van der Waals surface area contributed by atoms with Gasteiger partial charge in [0.05, 0.1) is 25.8 Å². The van der Waals surface area contributed by atoms with Crippen molar-refractivity contribution in [1.29, 1.82) is 0 Å². The van der Waals surface area contributed by atoms with Gasteiger partial charge in [-0.25, -0.2) is 4.79 Å². The first-order valence-corrected chi connectivity index (χ1v) is 10.6. The summed E-state index contributed by atoms with van der Waals surface area (Å²) in [5.74, 6) is 0.679. The molecule has 2 heterocycles. The van der Waals surface area contributed by atoms with E-state index in [9.17, 15) is 14.7 Å². The molecule has 31 heavy (non-hydrogen) atoms. The molecule has 4 rings (SSSR count). The number of benzene rings is 2. The number of aliphatic hydroxyl groups is 1. The third-order valence-electron chi connectivity index (χ3n) is 6.15. The van der Waals surface area contributed by atoms with E-state index in [-0.39, 0.29) is 49.1 Å². The molecular weight excluding hydrogens is 394 g/mol. The normalized spacial score (nSPS) is 22.7. The Morgan fingerprint density at radius 2 is 1.94 bits per heavy atom. The van der Waals surface area contributed by atoms with Crippen LogP contribution in [0, 0.1) is 0 Å². The highest BCUT2D eigenvalue weighted by Crippen LogP contribution is 2.43. The van der Waals surface area contributed by atoms with Gasteiger partial charge in [0.1, 0.15) is 12.3 Å². The van der Waals surface area contributed by atoms with Crippen molar-refractivity contribution in [3.63, 3.8) is 0 Å². The van der Waals surface area contributed by atoms with Gasteiger partial charge in [-0.1, -0.05) is 36.4 Å². The number of ether oxygens (including phenoxy) is 1. The quantitative estimate of drug-likeness (QED) is 0.774. The molecule has 0 aliphatic carbocycles. The van der Waals surface area contributed by atoms with Gasteiger partial charge in [0.15, 0.2) is 0 Å². The topological polar surface area (TPSA) is 82.1 Å². The van der Waals surface area contributed by atoms with E-state index in [2.05, 4.69) is 29.6 Å². The lowest BCUT2D eigenvalue weighted by Gasteiger charge is -2.58. The van der Waals surface area contributed by atoms with Crippen LogP contribution < -0.4 is 10.1 Å². The van der Waals surface area contributed by atoms with Crippen LogP contribution in [0.3, 0.4) is 0 Å². The number of carbonyl (C=O) groups is 2. The van der Waals surface area contributed by atoms with Crippen molar-refractivity contribution >= 4 is 11.9 Å². The van der Waals surface area contributed by atoms with Gasteiger partial charge < -0.3 is 25.0 Å². The van der Waals surface area contributed by atoms with Crippen LogP contribution in [0.15, 0.2) is 48.5 Å². The summed E-state index contributed by atoms with van der Waals surface area (Å²) in [6, 6.07) is 15.5. The highest BCUT2D eigenvalue weighted by Gasteiger charge is 2.54. The van der Waals surface area contributed by atoms with E-state index < -0.39 is 0 Å². The summed E-state index contributed by atoms with van der Waals surface area (Å²) in [6.07, 6.45) is 0. The molecule has 2 aromatic carbocycles. The SMILES string of the molecule is COc1cccc(-c2ccc([C@@H]3[C@@H](CO)N4C(=O)CN(C(=O)NC(C)C)C[C@@H]34)cc2)c1. The first kappa shape index (κ1) is 21.2. The zero-order chi connectivity index (χ0) is 22.1. The van der Waals surface area contributed by atoms with Crippen molar-refractivity contribution in [2.75, 3.05) is 26.8 Å². The van der Waals surface area contributed by atoms with Crippen molar-refractivity contribution in [3.05, 3.63) is 54.1 Å². The fourth-order valence-corrected chi connectivity index (χ4v) is 4.69. The van der Waals surface area contributed by atoms with Crippen molar-refractivity contribution in [3.8, 4) is 16.9 Å². The zero-order valence-corrected chi connectivity index (χ0v) is 18.1. The van der Waals surface area contributed by atoms with Crippen LogP contribution in [0.4, 0.5) is 4.79 Å². The molecule has 2 saturated heterocycles. The second-order valence-corrected chi connectivity index (χ2v) is 8.48. The lowest BCUT2D eigenvalue weighted by Crippen LogP contribution is -2.74. The first-order valence-electron chi connectivity index (χ1n) is 10.6. The van der Waals surface area contributed by atoms with Crippen LogP contribution in [-0.2, 0) is 4.79 Å². The number of hydrogen-bond donors (Lipinski definition) is 2. The summed E-state index contributed by atoms with van der Waals surface area (Å²) in [5.41, 5.74) is 3.19. The van der Waals surface area contributed by atoms with Crippen molar-refractivity contribution < 1.29 is 19.4 Å². The molecule has 2 N–H and O–H groups in total. The molecule has 2 aliphatic heterocycles. The summed E-state index contributed by atoms with van der Waals surface area (Å²) >= 11 is 0. The number of hydrogen-bond acceptors (Lipinski definition) is 4. The minimum atomic E-state index is -0.254. The van der Waals surface area contributed by atoms with E-state index >= 15 is 0 Å². The van der Waals surface area contributed by atoms with Gasteiger partial charge in [0.2, 0.25) is 5.91 Å². The molecule has 0 aromatic heterocycles. The predicted molar refractivity (Wildman–Crippen MR) is 118 cm³/mol. The molecule has 2 aliphatic rings. The molecule has 7 nitrogen and oxygen atoms in total. The Balaban J connectivity index is 1.55. The Morgan fingerprint density at radius 1 is 1.19 bits per heavy atom. The lowest BCUT2D eigenvalue weighted by atomic mass is 9.73.